The summed E-state index contributed by atoms with van der Waals surface area (Å²) in [5.41, 5.74) is 2.70. The number of hydrogen-bond acceptors (Lipinski definition) is 5. The van der Waals surface area contributed by atoms with Gasteiger partial charge in [-0.15, -0.1) is 0 Å². The van der Waals surface area contributed by atoms with Gasteiger partial charge in [0.1, 0.15) is 10.8 Å². The summed E-state index contributed by atoms with van der Waals surface area (Å²) in [5.74, 6) is 0.727. The maximum Gasteiger partial charge on any atom is 0.221 e. The normalized spacial score (nSPS) is 16.2. The van der Waals surface area contributed by atoms with Crippen molar-refractivity contribution in [3.63, 3.8) is 0 Å². The van der Waals surface area contributed by atoms with Gasteiger partial charge >= 0.3 is 0 Å². The number of ether oxygens (including phenoxy) is 1. The molecule has 1 aliphatic heterocycles. The number of aromatic amines is 1. The fraction of sp³-hybridized carbons (Fsp3) is 0.417. The van der Waals surface area contributed by atoms with Crippen LogP contribution in [0.1, 0.15) is 32.3 Å². The number of fused-ring (bicyclic) bond motifs is 1. The Labute approximate surface area is 184 Å². The molecule has 0 spiro atoms. The van der Waals surface area contributed by atoms with E-state index < -0.39 is 9.84 Å². The lowest BCUT2D eigenvalue weighted by molar-refractivity contribution is 0.243. The Hall–Kier alpha value is -2.51. The lowest BCUT2D eigenvalue weighted by Crippen LogP contribution is -2.36. The van der Waals surface area contributed by atoms with Crippen LogP contribution < -0.4 is 10.1 Å². The van der Waals surface area contributed by atoms with Gasteiger partial charge in [-0.25, -0.2) is 8.42 Å². The third-order valence-electron chi connectivity index (χ3n) is 5.83. The summed E-state index contributed by atoms with van der Waals surface area (Å²) in [6.07, 6.45) is 2.16. The first-order valence-corrected chi connectivity index (χ1v) is 12.3. The molecule has 7 heteroatoms. The third kappa shape index (κ3) is 4.72. The highest BCUT2D eigenvalue weighted by Crippen LogP contribution is 2.30. The smallest absolute Gasteiger partial charge is 0.221 e. The molecule has 31 heavy (non-hydrogen) atoms. The van der Waals surface area contributed by atoms with Crippen LogP contribution >= 0.6 is 0 Å². The van der Waals surface area contributed by atoms with Crippen molar-refractivity contribution in [3.8, 4) is 5.75 Å². The average Bonchev–Trinajstić information content (AvgIpc) is 3.15. The SMILES string of the molecule is Cc1ccc(S(=O)(=O)c2cc3cc(OC(C)C)ccc3[nH]2)cc1NC1CCN(C)CC1. The van der Waals surface area contributed by atoms with Crippen molar-refractivity contribution in [1.82, 2.24) is 9.88 Å². The van der Waals surface area contributed by atoms with Crippen molar-refractivity contribution in [2.75, 3.05) is 25.5 Å². The van der Waals surface area contributed by atoms with E-state index in [-0.39, 0.29) is 11.1 Å². The lowest BCUT2D eigenvalue weighted by Gasteiger charge is -2.30. The van der Waals surface area contributed by atoms with Gasteiger partial charge in [0, 0.05) is 22.6 Å². The van der Waals surface area contributed by atoms with Crippen LogP contribution in [0.25, 0.3) is 10.9 Å². The molecule has 2 N–H and O–H groups in total. The van der Waals surface area contributed by atoms with Gasteiger partial charge in [-0.1, -0.05) is 6.07 Å². The van der Waals surface area contributed by atoms with E-state index in [0.717, 1.165) is 53.8 Å². The number of nitrogens with one attached hydrogen (secondary N) is 2. The Morgan fingerprint density at radius 1 is 1.10 bits per heavy atom. The van der Waals surface area contributed by atoms with Gasteiger partial charge in [-0.05, 0) is 95.7 Å². The Balaban J connectivity index is 1.62. The summed E-state index contributed by atoms with van der Waals surface area (Å²) in [7, 11) is -1.54. The van der Waals surface area contributed by atoms with Gasteiger partial charge in [-0.2, -0.15) is 0 Å². The molecular weight excluding hydrogens is 410 g/mol. The largest absolute Gasteiger partial charge is 0.491 e. The van der Waals surface area contributed by atoms with Gasteiger partial charge in [0.25, 0.3) is 0 Å². The number of anilines is 1. The van der Waals surface area contributed by atoms with Gasteiger partial charge in [0.05, 0.1) is 11.0 Å². The van der Waals surface area contributed by atoms with Crippen molar-refractivity contribution < 1.29 is 13.2 Å². The van der Waals surface area contributed by atoms with E-state index in [4.69, 9.17) is 4.74 Å². The maximum absolute atomic E-state index is 13.4. The van der Waals surface area contributed by atoms with Crippen LogP contribution in [0.5, 0.6) is 5.75 Å². The minimum atomic E-state index is -3.67. The second-order valence-electron chi connectivity index (χ2n) is 8.75. The summed E-state index contributed by atoms with van der Waals surface area (Å²) in [6, 6.07) is 12.9. The first-order chi connectivity index (χ1) is 14.7. The number of hydrogen-bond donors (Lipinski definition) is 2. The third-order valence-corrected chi connectivity index (χ3v) is 7.50. The maximum atomic E-state index is 13.4. The molecule has 2 heterocycles. The van der Waals surface area contributed by atoms with E-state index in [1.165, 1.54) is 0 Å². The summed E-state index contributed by atoms with van der Waals surface area (Å²) in [6.45, 7) is 8.03. The van der Waals surface area contributed by atoms with E-state index in [1.807, 2.05) is 45.0 Å². The molecule has 0 amide bonds. The van der Waals surface area contributed by atoms with Crippen LogP contribution in [0.15, 0.2) is 52.4 Å². The predicted molar refractivity (Wildman–Crippen MR) is 125 cm³/mol. The zero-order valence-corrected chi connectivity index (χ0v) is 19.4. The highest BCUT2D eigenvalue weighted by Gasteiger charge is 2.23. The molecule has 4 rings (SSSR count). The highest BCUT2D eigenvalue weighted by molar-refractivity contribution is 7.91. The molecule has 0 bridgehead atoms. The fourth-order valence-corrected chi connectivity index (χ4v) is 5.30. The quantitative estimate of drug-likeness (QED) is 0.585. The number of aryl methyl sites for hydroxylation is 1. The monoisotopic (exact) mass is 441 g/mol. The van der Waals surface area contributed by atoms with Crippen LogP contribution in [0.2, 0.25) is 0 Å². The van der Waals surface area contributed by atoms with Crippen molar-refractivity contribution >= 4 is 26.4 Å². The molecule has 1 fully saturated rings. The van der Waals surface area contributed by atoms with Crippen LogP contribution in [0.3, 0.4) is 0 Å². The number of piperidine rings is 1. The van der Waals surface area contributed by atoms with E-state index >= 15 is 0 Å². The number of benzene rings is 2. The lowest BCUT2D eigenvalue weighted by atomic mass is 10.0. The Morgan fingerprint density at radius 3 is 2.55 bits per heavy atom. The average molecular weight is 442 g/mol. The first-order valence-electron chi connectivity index (χ1n) is 10.8. The number of rotatable bonds is 6. The molecule has 1 aliphatic rings. The Morgan fingerprint density at radius 2 is 1.84 bits per heavy atom. The molecule has 0 unspecified atom stereocenters. The number of sulfone groups is 1. The highest BCUT2D eigenvalue weighted by atomic mass is 32.2. The molecule has 1 aromatic heterocycles. The molecule has 166 valence electrons. The van der Waals surface area contributed by atoms with Gasteiger partial charge in [0.2, 0.25) is 9.84 Å². The second kappa shape index (κ2) is 8.55. The molecule has 0 atom stereocenters. The molecular formula is C24H31N3O3S. The minimum absolute atomic E-state index is 0.0580. The minimum Gasteiger partial charge on any atom is -0.491 e. The Bertz CT molecular complexity index is 1180. The molecule has 6 nitrogen and oxygen atoms in total. The summed E-state index contributed by atoms with van der Waals surface area (Å²) in [4.78, 5) is 5.68. The molecule has 0 saturated carbocycles. The van der Waals surface area contributed by atoms with Crippen molar-refractivity contribution in [3.05, 3.63) is 48.0 Å². The van der Waals surface area contributed by atoms with Crippen molar-refractivity contribution in [1.29, 1.82) is 0 Å². The zero-order valence-electron chi connectivity index (χ0n) is 18.6. The van der Waals surface area contributed by atoms with Gasteiger partial charge in [0.15, 0.2) is 0 Å². The second-order valence-corrected chi connectivity index (χ2v) is 10.7. The topological polar surface area (TPSA) is 74.4 Å². The molecule has 3 aromatic rings. The number of nitrogens with zero attached hydrogens (tertiary/aromatic N) is 1. The summed E-state index contributed by atoms with van der Waals surface area (Å²) < 4.78 is 32.5. The predicted octanol–water partition coefficient (Wildman–Crippen LogP) is 4.60. The van der Waals surface area contributed by atoms with Gasteiger partial charge < -0.3 is 19.9 Å². The molecule has 0 radical (unpaired) electrons. The van der Waals surface area contributed by atoms with Crippen molar-refractivity contribution in [2.45, 2.75) is 55.7 Å². The Kier molecular flexibility index (Phi) is 5.99. The first kappa shape index (κ1) is 21.7. The fourth-order valence-electron chi connectivity index (χ4n) is 4.00. The van der Waals surface area contributed by atoms with Crippen LogP contribution in [-0.4, -0.2) is 50.6 Å². The number of likely N-dealkylation sites (tertiary alicyclic amines) is 1. The molecule has 1 saturated heterocycles. The molecule has 0 aliphatic carbocycles. The van der Waals surface area contributed by atoms with Crippen molar-refractivity contribution in [2.24, 2.45) is 0 Å². The summed E-state index contributed by atoms with van der Waals surface area (Å²) >= 11 is 0. The van der Waals surface area contributed by atoms with Crippen LogP contribution in [0, 0.1) is 6.92 Å². The van der Waals surface area contributed by atoms with Crippen LogP contribution in [0.4, 0.5) is 5.69 Å². The van der Waals surface area contributed by atoms with E-state index in [2.05, 4.69) is 22.2 Å². The standard InChI is InChI=1S/C24H31N3O3S/c1-16(2)30-20-6-8-22-18(13-20)14-24(26-22)31(28,29)21-7-5-17(3)23(15-21)25-19-9-11-27(4)12-10-19/h5-8,13-16,19,25-26H,9-12H2,1-4H3. The van der Waals surface area contributed by atoms with E-state index in [0.29, 0.717) is 10.9 Å². The summed E-state index contributed by atoms with van der Waals surface area (Å²) in [5, 5.41) is 4.57. The van der Waals surface area contributed by atoms with Gasteiger partial charge in [-0.3, -0.25) is 0 Å². The van der Waals surface area contributed by atoms with E-state index in [9.17, 15) is 8.42 Å². The van der Waals surface area contributed by atoms with Crippen LogP contribution in [-0.2, 0) is 9.84 Å². The molecule has 2 aromatic carbocycles. The van der Waals surface area contributed by atoms with E-state index in [1.54, 1.807) is 18.2 Å². The zero-order chi connectivity index (χ0) is 22.2. The number of aromatic nitrogens is 1. The number of H-pyrrole nitrogens is 1.